The summed E-state index contributed by atoms with van der Waals surface area (Å²) in [5, 5.41) is 11.8. The molecule has 1 aromatic rings. The fourth-order valence-corrected chi connectivity index (χ4v) is 2.50. The topological polar surface area (TPSA) is 92.4 Å². The molecule has 2 atom stereocenters. The Labute approximate surface area is 111 Å². The van der Waals surface area contributed by atoms with Gasteiger partial charge in [-0.3, -0.25) is 9.59 Å². The van der Waals surface area contributed by atoms with Gasteiger partial charge in [0.05, 0.1) is 5.92 Å². The molecule has 1 aliphatic carbocycles. The number of nitrogens with two attached hydrogens (primary N) is 1. The number of carboxylic acid groups (broad SMARTS) is 1. The second-order valence-electron chi connectivity index (χ2n) is 5.04. The number of aliphatic carboxylic acids is 1. The lowest BCUT2D eigenvalue weighted by atomic mass is 10.1. The summed E-state index contributed by atoms with van der Waals surface area (Å²) in [6.45, 7) is 1.80. The SMILES string of the molecule is Cc1c(N)cccc1C(=O)NC1CCC(C(=O)O)C1. The number of anilines is 1. The van der Waals surface area contributed by atoms with Gasteiger partial charge in [0.2, 0.25) is 0 Å². The molecule has 102 valence electrons. The molecule has 1 aliphatic rings. The molecule has 4 N–H and O–H groups in total. The lowest BCUT2D eigenvalue weighted by molar-refractivity contribution is -0.141. The van der Waals surface area contributed by atoms with Crippen molar-refractivity contribution in [3.05, 3.63) is 29.3 Å². The van der Waals surface area contributed by atoms with E-state index in [0.717, 1.165) is 5.56 Å². The Morgan fingerprint density at radius 2 is 2.11 bits per heavy atom. The second-order valence-corrected chi connectivity index (χ2v) is 5.04. The first kappa shape index (κ1) is 13.4. The molecule has 1 fully saturated rings. The summed E-state index contributed by atoms with van der Waals surface area (Å²) >= 11 is 0. The number of hydrogen-bond acceptors (Lipinski definition) is 3. The molecule has 1 aromatic carbocycles. The Morgan fingerprint density at radius 1 is 1.37 bits per heavy atom. The summed E-state index contributed by atoms with van der Waals surface area (Å²) < 4.78 is 0. The highest BCUT2D eigenvalue weighted by Crippen LogP contribution is 2.26. The maximum Gasteiger partial charge on any atom is 0.306 e. The summed E-state index contributed by atoms with van der Waals surface area (Å²) in [5.41, 5.74) is 7.67. The molecular weight excluding hydrogens is 244 g/mol. The monoisotopic (exact) mass is 262 g/mol. The molecule has 0 aliphatic heterocycles. The summed E-state index contributed by atoms with van der Waals surface area (Å²) in [7, 11) is 0. The van der Waals surface area contributed by atoms with Crippen LogP contribution < -0.4 is 11.1 Å². The van der Waals surface area contributed by atoms with Gasteiger partial charge in [0.25, 0.3) is 5.91 Å². The Balaban J connectivity index is 2.02. The average molecular weight is 262 g/mol. The van der Waals surface area contributed by atoms with Crippen LogP contribution in [-0.2, 0) is 4.79 Å². The minimum Gasteiger partial charge on any atom is -0.481 e. The van der Waals surface area contributed by atoms with Crippen molar-refractivity contribution in [2.24, 2.45) is 5.92 Å². The van der Waals surface area contributed by atoms with Crippen molar-refractivity contribution >= 4 is 17.6 Å². The van der Waals surface area contributed by atoms with Crippen LogP contribution in [-0.4, -0.2) is 23.0 Å². The summed E-state index contributed by atoms with van der Waals surface area (Å²) in [6, 6.07) is 5.16. The van der Waals surface area contributed by atoms with E-state index in [1.165, 1.54) is 0 Å². The molecule has 0 heterocycles. The Bertz CT molecular complexity index is 513. The molecule has 0 bridgehead atoms. The summed E-state index contributed by atoms with van der Waals surface area (Å²) in [4.78, 5) is 23.0. The van der Waals surface area contributed by atoms with E-state index in [4.69, 9.17) is 10.8 Å². The van der Waals surface area contributed by atoms with Crippen molar-refractivity contribution in [2.45, 2.75) is 32.2 Å². The number of hydrogen-bond donors (Lipinski definition) is 3. The minimum atomic E-state index is -0.781. The second kappa shape index (κ2) is 5.30. The van der Waals surface area contributed by atoms with Gasteiger partial charge in [-0.25, -0.2) is 0 Å². The molecule has 0 radical (unpaired) electrons. The van der Waals surface area contributed by atoms with Gasteiger partial charge in [-0.2, -0.15) is 0 Å². The van der Waals surface area contributed by atoms with Crippen molar-refractivity contribution in [2.75, 3.05) is 5.73 Å². The number of carboxylic acids is 1. The van der Waals surface area contributed by atoms with Gasteiger partial charge < -0.3 is 16.2 Å². The summed E-state index contributed by atoms with van der Waals surface area (Å²) in [6.07, 6.45) is 1.84. The third-order valence-corrected chi connectivity index (χ3v) is 3.74. The van der Waals surface area contributed by atoms with Gasteiger partial charge >= 0.3 is 5.97 Å². The van der Waals surface area contributed by atoms with Gasteiger partial charge in [-0.15, -0.1) is 0 Å². The predicted molar refractivity (Wildman–Crippen MR) is 71.8 cm³/mol. The zero-order valence-electron chi connectivity index (χ0n) is 10.8. The van der Waals surface area contributed by atoms with E-state index < -0.39 is 5.97 Å². The Kier molecular flexibility index (Phi) is 3.74. The minimum absolute atomic E-state index is 0.0607. The Hall–Kier alpha value is -2.04. The third kappa shape index (κ3) is 2.86. The molecule has 0 aromatic heterocycles. The van der Waals surface area contributed by atoms with E-state index in [1.54, 1.807) is 25.1 Å². The molecular formula is C14H18N2O3. The number of nitrogens with one attached hydrogen (secondary N) is 1. The number of carbonyl (C=O) groups is 2. The molecule has 19 heavy (non-hydrogen) atoms. The van der Waals surface area contributed by atoms with Gasteiger partial charge in [-0.1, -0.05) is 6.07 Å². The smallest absolute Gasteiger partial charge is 0.306 e. The van der Waals surface area contributed by atoms with Gasteiger partial charge in [0.1, 0.15) is 0 Å². The van der Waals surface area contributed by atoms with Crippen LogP contribution in [0.4, 0.5) is 5.69 Å². The van der Waals surface area contributed by atoms with E-state index in [1.807, 2.05) is 0 Å². The van der Waals surface area contributed by atoms with Crippen LogP contribution in [0.1, 0.15) is 35.2 Å². The van der Waals surface area contributed by atoms with Gasteiger partial charge in [0.15, 0.2) is 0 Å². The number of rotatable bonds is 3. The summed E-state index contributed by atoms with van der Waals surface area (Å²) in [5.74, 6) is -1.30. The quantitative estimate of drug-likeness (QED) is 0.721. The molecule has 1 amide bonds. The lowest BCUT2D eigenvalue weighted by Crippen LogP contribution is -2.33. The molecule has 0 spiro atoms. The van der Waals surface area contributed by atoms with Crippen molar-refractivity contribution < 1.29 is 14.7 Å². The first-order chi connectivity index (χ1) is 8.99. The van der Waals surface area contributed by atoms with Crippen molar-refractivity contribution in [3.63, 3.8) is 0 Å². The maximum atomic E-state index is 12.1. The van der Waals surface area contributed by atoms with E-state index in [9.17, 15) is 9.59 Å². The van der Waals surface area contributed by atoms with E-state index >= 15 is 0 Å². The van der Waals surface area contributed by atoms with Gasteiger partial charge in [-0.05, 0) is 43.9 Å². The van der Waals surface area contributed by atoms with Gasteiger partial charge in [0, 0.05) is 17.3 Å². The fraction of sp³-hybridized carbons (Fsp3) is 0.429. The van der Waals surface area contributed by atoms with Crippen LogP contribution in [0.5, 0.6) is 0 Å². The number of amides is 1. The molecule has 2 rings (SSSR count). The fourth-order valence-electron chi connectivity index (χ4n) is 2.50. The maximum absolute atomic E-state index is 12.1. The number of carbonyl (C=O) groups excluding carboxylic acids is 1. The van der Waals surface area contributed by atoms with Crippen LogP contribution in [0.25, 0.3) is 0 Å². The predicted octanol–water partition coefficient (Wildman–Crippen LogP) is 1.56. The van der Waals surface area contributed by atoms with Crippen LogP contribution in [0, 0.1) is 12.8 Å². The molecule has 1 saturated carbocycles. The highest BCUT2D eigenvalue weighted by molar-refractivity contribution is 5.97. The van der Waals surface area contributed by atoms with Crippen molar-refractivity contribution in [1.29, 1.82) is 0 Å². The first-order valence-electron chi connectivity index (χ1n) is 6.37. The zero-order valence-corrected chi connectivity index (χ0v) is 10.8. The van der Waals surface area contributed by atoms with Crippen molar-refractivity contribution in [3.8, 4) is 0 Å². The van der Waals surface area contributed by atoms with E-state index in [-0.39, 0.29) is 17.9 Å². The number of nitrogen functional groups attached to an aromatic ring is 1. The normalized spacial score (nSPS) is 22.2. The van der Waals surface area contributed by atoms with Crippen LogP contribution in [0.2, 0.25) is 0 Å². The van der Waals surface area contributed by atoms with E-state index in [2.05, 4.69) is 5.32 Å². The largest absolute Gasteiger partial charge is 0.481 e. The van der Waals surface area contributed by atoms with Crippen molar-refractivity contribution in [1.82, 2.24) is 5.32 Å². The number of benzene rings is 1. The lowest BCUT2D eigenvalue weighted by Gasteiger charge is -2.14. The Morgan fingerprint density at radius 3 is 2.74 bits per heavy atom. The molecule has 5 nitrogen and oxygen atoms in total. The highest BCUT2D eigenvalue weighted by Gasteiger charge is 2.30. The highest BCUT2D eigenvalue weighted by atomic mass is 16.4. The molecule has 5 heteroatoms. The first-order valence-corrected chi connectivity index (χ1v) is 6.37. The van der Waals surface area contributed by atoms with Crippen LogP contribution >= 0.6 is 0 Å². The standard InChI is InChI=1S/C14H18N2O3/c1-8-11(3-2-4-12(8)15)13(17)16-10-6-5-9(7-10)14(18)19/h2-4,9-10H,5-7,15H2,1H3,(H,16,17)(H,18,19). The van der Waals surface area contributed by atoms with E-state index in [0.29, 0.717) is 30.5 Å². The van der Waals surface area contributed by atoms with Crippen LogP contribution in [0.15, 0.2) is 18.2 Å². The third-order valence-electron chi connectivity index (χ3n) is 3.74. The molecule has 0 saturated heterocycles. The average Bonchev–Trinajstić information content (AvgIpc) is 2.81. The zero-order chi connectivity index (χ0) is 14.0. The van der Waals surface area contributed by atoms with Crippen LogP contribution in [0.3, 0.4) is 0 Å². The molecule has 2 unspecified atom stereocenters.